The Morgan fingerprint density at radius 1 is 1.06 bits per heavy atom. The van der Waals surface area contributed by atoms with Crippen LogP contribution < -0.4 is 10.6 Å². The molecule has 3 amide bonds. The summed E-state index contributed by atoms with van der Waals surface area (Å²) in [5.41, 5.74) is 0.753. The lowest BCUT2D eigenvalue weighted by Crippen LogP contribution is -2.49. The molecule has 0 fully saturated rings. The second kappa shape index (κ2) is 12.7. The van der Waals surface area contributed by atoms with E-state index in [1.54, 1.807) is 32.9 Å². The summed E-state index contributed by atoms with van der Waals surface area (Å²) in [4.78, 5) is 51.2. The van der Waals surface area contributed by atoms with Crippen molar-refractivity contribution in [2.45, 2.75) is 59.1 Å². The lowest BCUT2D eigenvalue weighted by Gasteiger charge is -2.32. The third kappa shape index (κ3) is 8.95. The van der Waals surface area contributed by atoms with E-state index >= 15 is 0 Å². The van der Waals surface area contributed by atoms with Crippen molar-refractivity contribution < 1.29 is 28.7 Å². The van der Waals surface area contributed by atoms with Gasteiger partial charge in [-0.1, -0.05) is 37.6 Å². The van der Waals surface area contributed by atoms with E-state index in [1.807, 2.05) is 26.0 Å². The fourth-order valence-corrected chi connectivity index (χ4v) is 2.96. The van der Waals surface area contributed by atoms with Gasteiger partial charge in [-0.3, -0.25) is 14.4 Å². The third-order valence-electron chi connectivity index (χ3n) is 4.53. The number of nitrogens with zero attached hydrogens (tertiary/aromatic N) is 1. The number of unbranched alkanes of at least 4 members (excludes halogenated alkanes) is 1. The van der Waals surface area contributed by atoms with Gasteiger partial charge in [0.25, 0.3) is 0 Å². The number of carbonyl (C=O) groups is 4. The van der Waals surface area contributed by atoms with Crippen LogP contribution in [0.4, 0.5) is 4.79 Å². The number of methoxy groups -OCH3 is 1. The van der Waals surface area contributed by atoms with Gasteiger partial charge in [-0.05, 0) is 45.2 Å². The summed E-state index contributed by atoms with van der Waals surface area (Å²) in [6.07, 6.45) is 0.738. The Labute approximate surface area is 189 Å². The number of carbonyl (C=O) groups excluding carboxylic acids is 4. The predicted octanol–water partition coefficient (Wildman–Crippen LogP) is 2.48. The van der Waals surface area contributed by atoms with Crippen LogP contribution in [0.3, 0.4) is 0 Å². The summed E-state index contributed by atoms with van der Waals surface area (Å²) in [5, 5.41) is 5.00. The topological polar surface area (TPSA) is 114 Å². The molecule has 0 saturated heterocycles. The molecule has 1 rings (SSSR count). The van der Waals surface area contributed by atoms with Gasteiger partial charge in [-0.2, -0.15) is 0 Å². The first kappa shape index (κ1) is 26.9. The number of rotatable bonds is 10. The maximum Gasteiger partial charge on any atom is 0.408 e. The van der Waals surface area contributed by atoms with Crippen LogP contribution in [0.15, 0.2) is 24.3 Å². The lowest BCUT2D eigenvalue weighted by molar-refractivity contribution is -0.143. The van der Waals surface area contributed by atoms with E-state index in [0.29, 0.717) is 18.5 Å². The molecule has 32 heavy (non-hydrogen) atoms. The summed E-state index contributed by atoms with van der Waals surface area (Å²) < 4.78 is 9.78. The number of esters is 1. The number of aryl methyl sites for hydroxylation is 1. The Balaban J connectivity index is 3.17. The minimum absolute atomic E-state index is 0.302. The van der Waals surface area contributed by atoms with E-state index < -0.39 is 35.5 Å². The normalized spacial score (nSPS) is 11.8. The van der Waals surface area contributed by atoms with Crippen LogP contribution in [0.5, 0.6) is 0 Å². The second-order valence-corrected chi connectivity index (χ2v) is 8.35. The van der Waals surface area contributed by atoms with Crippen molar-refractivity contribution in [1.82, 2.24) is 15.5 Å². The molecule has 0 aliphatic rings. The molecule has 0 aliphatic carbocycles. The number of nitrogens with one attached hydrogen (secondary N) is 2. The van der Waals surface area contributed by atoms with Crippen molar-refractivity contribution >= 4 is 23.9 Å². The van der Waals surface area contributed by atoms with Gasteiger partial charge >= 0.3 is 12.1 Å². The highest BCUT2D eigenvalue weighted by molar-refractivity contribution is 5.92. The van der Waals surface area contributed by atoms with Gasteiger partial charge in [-0.25, -0.2) is 4.79 Å². The van der Waals surface area contributed by atoms with Gasteiger partial charge in [-0.15, -0.1) is 0 Å². The number of benzene rings is 1. The minimum atomic E-state index is -0.972. The molecule has 9 nitrogen and oxygen atoms in total. The highest BCUT2D eigenvalue weighted by Gasteiger charge is 2.32. The molecule has 0 aliphatic heterocycles. The van der Waals surface area contributed by atoms with Gasteiger partial charge in [0.2, 0.25) is 11.8 Å². The molecule has 1 aromatic rings. The van der Waals surface area contributed by atoms with E-state index in [0.717, 1.165) is 12.0 Å². The van der Waals surface area contributed by atoms with Crippen molar-refractivity contribution in [3.8, 4) is 0 Å². The predicted molar refractivity (Wildman–Crippen MR) is 120 cm³/mol. The van der Waals surface area contributed by atoms with Gasteiger partial charge < -0.3 is 25.0 Å². The smallest absolute Gasteiger partial charge is 0.408 e. The average molecular weight is 450 g/mol. The van der Waals surface area contributed by atoms with E-state index in [4.69, 9.17) is 4.74 Å². The van der Waals surface area contributed by atoms with Gasteiger partial charge in [0.15, 0.2) is 0 Å². The van der Waals surface area contributed by atoms with Crippen LogP contribution in [0.2, 0.25) is 0 Å². The second-order valence-electron chi connectivity index (χ2n) is 8.35. The first-order valence-electron chi connectivity index (χ1n) is 10.7. The van der Waals surface area contributed by atoms with Crippen molar-refractivity contribution in [2.24, 2.45) is 0 Å². The number of amides is 3. The van der Waals surface area contributed by atoms with Crippen molar-refractivity contribution in [3.05, 3.63) is 35.4 Å². The molecule has 0 spiro atoms. The summed E-state index contributed by atoms with van der Waals surface area (Å²) in [6, 6.07) is 6.26. The van der Waals surface area contributed by atoms with Crippen LogP contribution >= 0.6 is 0 Å². The van der Waals surface area contributed by atoms with Crippen molar-refractivity contribution in [2.75, 3.05) is 26.7 Å². The van der Waals surface area contributed by atoms with Gasteiger partial charge in [0, 0.05) is 6.54 Å². The fourth-order valence-electron chi connectivity index (χ4n) is 2.96. The lowest BCUT2D eigenvalue weighted by atomic mass is 9.98. The molecule has 178 valence electrons. The van der Waals surface area contributed by atoms with Crippen molar-refractivity contribution in [3.63, 3.8) is 0 Å². The highest BCUT2D eigenvalue weighted by Crippen LogP contribution is 2.25. The molecule has 0 bridgehead atoms. The molecule has 1 aromatic carbocycles. The van der Waals surface area contributed by atoms with Crippen LogP contribution in [0.25, 0.3) is 0 Å². The molecule has 0 heterocycles. The third-order valence-corrected chi connectivity index (χ3v) is 4.53. The average Bonchev–Trinajstić information content (AvgIpc) is 2.72. The van der Waals surface area contributed by atoms with Crippen LogP contribution in [0, 0.1) is 6.92 Å². The molecule has 1 unspecified atom stereocenters. The quantitative estimate of drug-likeness (QED) is 0.531. The molecule has 2 N–H and O–H groups in total. The summed E-state index contributed by atoms with van der Waals surface area (Å²) in [5.74, 6) is -1.54. The first-order valence-corrected chi connectivity index (χ1v) is 10.7. The van der Waals surface area contributed by atoms with Gasteiger partial charge in [0.05, 0.1) is 7.11 Å². The zero-order chi connectivity index (χ0) is 24.3. The standard InChI is InChI=1S/C23H35N3O6/c1-7-8-13-26(18(27)14-25-22(30)32-23(3,4)5)20(17-12-10-9-11-16(17)2)21(29)24-15-19(28)31-6/h9-12,20H,7-8,13-15H2,1-6H3,(H,24,29)(H,25,30). The van der Waals surface area contributed by atoms with Crippen LogP contribution in [0.1, 0.15) is 57.7 Å². The summed E-state index contributed by atoms with van der Waals surface area (Å²) in [6.45, 7) is 8.65. The molecule has 9 heteroatoms. The van der Waals surface area contributed by atoms with Crippen LogP contribution in [-0.4, -0.2) is 61.1 Å². The van der Waals surface area contributed by atoms with Crippen LogP contribution in [-0.2, 0) is 23.9 Å². The van der Waals surface area contributed by atoms with E-state index in [1.165, 1.54) is 12.0 Å². The first-order chi connectivity index (χ1) is 15.0. The molecular formula is C23H35N3O6. The Bertz CT molecular complexity index is 803. The molecule has 0 radical (unpaired) electrons. The Kier molecular flexibility index (Phi) is 10.7. The number of alkyl carbamates (subject to hydrolysis) is 1. The number of ether oxygens (including phenoxy) is 2. The Morgan fingerprint density at radius 3 is 2.28 bits per heavy atom. The Hall–Kier alpha value is -3.10. The van der Waals surface area contributed by atoms with E-state index in [-0.39, 0.29) is 13.1 Å². The van der Waals surface area contributed by atoms with E-state index in [9.17, 15) is 19.2 Å². The molecule has 0 saturated carbocycles. The molecule has 0 aromatic heterocycles. The summed E-state index contributed by atoms with van der Waals surface area (Å²) >= 11 is 0. The number of hydrogen-bond acceptors (Lipinski definition) is 6. The molecule has 1 atom stereocenters. The SMILES string of the molecule is CCCCN(C(=O)CNC(=O)OC(C)(C)C)C(C(=O)NCC(=O)OC)c1ccccc1C. The maximum absolute atomic E-state index is 13.1. The largest absolute Gasteiger partial charge is 0.468 e. The minimum Gasteiger partial charge on any atom is -0.468 e. The van der Waals surface area contributed by atoms with E-state index in [2.05, 4.69) is 15.4 Å². The summed E-state index contributed by atoms with van der Waals surface area (Å²) in [7, 11) is 1.23. The zero-order valence-electron chi connectivity index (χ0n) is 19.8. The molecular weight excluding hydrogens is 414 g/mol. The zero-order valence-corrected chi connectivity index (χ0v) is 19.8. The monoisotopic (exact) mass is 449 g/mol. The van der Waals surface area contributed by atoms with Crippen molar-refractivity contribution in [1.29, 1.82) is 0 Å². The maximum atomic E-state index is 13.1. The Morgan fingerprint density at radius 2 is 1.72 bits per heavy atom. The number of hydrogen-bond donors (Lipinski definition) is 2. The fraction of sp³-hybridized carbons (Fsp3) is 0.565. The highest BCUT2D eigenvalue weighted by atomic mass is 16.6. The van der Waals surface area contributed by atoms with Gasteiger partial charge in [0.1, 0.15) is 24.7 Å².